The van der Waals surface area contributed by atoms with Crippen LogP contribution in [-0.2, 0) is 14.9 Å². The summed E-state index contributed by atoms with van der Waals surface area (Å²) in [5.41, 5.74) is 3.69. The van der Waals surface area contributed by atoms with Crippen molar-refractivity contribution in [3.63, 3.8) is 0 Å². The van der Waals surface area contributed by atoms with Crippen molar-refractivity contribution in [2.45, 2.75) is 70.7 Å². The van der Waals surface area contributed by atoms with E-state index in [1.54, 1.807) is 6.08 Å². The van der Waals surface area contributed by atoms with Gasteiger partial charge in [-0.2, -0.15) is 0 Å². The molecule has 1 aliphatic carbocycles. The Kier molecular flexibility index (Phi) is 8.96. The normalized spacial score (nSPS) is 20.2. The number of carbonyl (C=O) groups is 1. The lowest BCUT2D eigenvalue weighted by molar-refractivity contribution is -0.306. The maximum absolute atomic E-state index is 12.8. The predicted molar refractivity (Wildman–Crippen MR) is 144 cm³/mol. The largest absolute Gasteiger partial charge is 0.572 e. The van der Waals surface area contributed by atoms with Gasteiger partial charge in [-0.3, -0.25) is 9.69 Å². The Morgan fingerprint density at radius 1 is 0.947 bits per heavy atom. The zero-order chi connectivity index (χ0) is 27.3. The highest BCUT2D eigenvalue weighted by Crippen LogP contribution is 2.28. The molecule has 9 heteroatoms. The van der Waals surface area contributed by atoms with Gasteiger partial charge in [0.15, 0.2) is 0 Å². The van der Waals surface area contributed by atoms with Crippen molar-refractivity contribution in [2.75, 3.05) is 50.7 Å². The summed E-state index contributed by atoms with van der Waals surface area (Å²) in [4.78, 5) is 19.6. The molecule has 2 fully saturated rings. The number of piperidine rings is 1. The number of carbonyl (C=O) groups excluding carboxylic acids is 1. The molecule has 1 N–H and O–H groups in total. The van der Waals surface area contributed by atoms with Gasteiger partial charge in [-0.15, -0.1) is 13.2 Å². The van der Waals surface area contributed by atoms with Gasteiger partial charge in [0, 0.05) is 76.1 Å². The van der Waals surface area contributed by atoms with Gasteiger partial charge in [0.2, 0.25) is 5.91 Å². The highest BCUT2D eigenvalue weighted by Gasteiger charge is 2.32. The van der Waals surface area contributed by atoms with Crippen LogP contribution in [0.15, 0.2) is 47.9 Å². The van der Waals surface area contributed by atoms with E-state index in [9.17, 15) is 18.0 Å². The first kappa shape index (κ1) is 28.3. The van der Waals surface area contributed by atoms with Crippen molar-refractivity contribution in [1.29, 1.82) is 0 Å². The summed E-state index contributed by atoms with van der Waals surface area (Å²) >= 11 is 0. The van der Waals surface area contributed by atoms with Crippen molar-refractivity contribution < 1.29 is 22.7 Å². The lowest BCUT2D eigenvalue weighted by Gasteiger charge is -2.37. The second-order valence-corrected chi connectivity index (χ2v) is 11.5. The van der Waals surface area contributed by atoms with Gasteiger partial charge in [0.1, 0.15) is 5.76 Å². The van der Waals surface area contributed by atoms with E-state index in [0.717, 1.165) is 51.3 Å². The second kappa shape index (κ2) is 12.0. The molecule has 0 radical (unpaired) electrons. The zero-order valence-electron chi connectivity index (χ0n) is 22.8. The Bertz CT molecular complexity index is 998. The number of anilines is 1. The SMILES string of the molecule is CC(C)(C)c1ccc(N2CCN(CCC(=O)N3CCC(NC4=CC=C(OC(F)(F)F)CC4)CC3)CC2)cc1. The third-order valence-electron chi connectivity index (χ3n) is 7.71. The first-order valence-corrected chi connectivity index (χ1v) is 13.7. The van der Waals surface area contributed by atoms with Crippen molar-refractivity contribution >= 4 is 11.6 Å². The number of hydrogen-bond acceptors (Lipinski definition) is 5. The topological polar surface area (TPSA) is 48.0 Å². The number of ether oxygens (including phenoxy) is 1. The van der Waals surface area contributed by atoms with E-state index < -0.39 is 6.36 Å². The average molecular weight is 535 g/mol. The molecular formula is C29H41F3N4O2. The summed E-state index contributed by atoms with van der Waals surface area (Å²) in [6, 6.07) is 9.13. The smallest absolute Gasteiger partial charge is 0.410 e. The van der Waals surface area contributed by atoms with Crippen LogP contribution in [0.5, 0.6) is 0 Å². The number of hydrogen-bond donors (Lipinski definition) is 1. The second-order valence-electron chi connectivity index (χ2n) is 11.5. The molecule has 0 atom stereocenters. The third kappa shape index (κ3) is 8.16. The third-order valence-corrected chi connectivity index (χ3v) is 7.71. The van der Waals surface area contributed by atoms with Crippen LogP contribution in [0, 0.1) is 0 Å². The quantitative estimate of drug-likeness (QED) is 0.523. The van der Waals surface area contributed by atoms with Gasteiger partial charge in [-0.25, -0.2) is 0 Å². The number of benzene rings is 1. The van der Waals surface area contributed by atoms with Crippen LogP contribution >= 0.6 is 0 Å². The molecule has 0 saturated carbocycles. The highest BCUT2D eigenvalue weighted by molar-refractivity contribution is 5.76. The summed E-state index contributed by atoms with van der Waals surface area (Å²) in [7, 11) is 0. The fourth-order valence-corrected chi connectivity index (χ4v) is 5.32. The Morgan fingerprint density at radius 2 is 1.61 bits per heavy atom. The number of nitrogens with one attached hydrogen (secondary N) is 1. The van der Waals surface area contributed by atoms with Crippen LogP contribution < -0.4 is 10.2 Å². The summed E-state index contributed by atoms with van der Waals surface area (Å²) < 4.78 is 41.1. The van der Waals surface area contributed by atoms with Gasteiger partial charge in [-0.1, -0.05) is 32.9 Å². The molecule has 1 aromatic rings. The molecule has 0 spiro atoms. The monoisotopic (exact) mass is 534 g/mol. The molecule has 6 nitrogen and oxygen atoms in total. The highest BCUT2D eigenvalue weighted by atomic mass is 19.4. The first-order valence-electron chi connectivity index (χ1n) is 13.7. The van der Waals surface area contributed by atoms with Gasteiger partial charge < -0.3 is 19.9 Å². The number of amides is 1. The van der Waals surface area contributed by atoms with Crippen molar-refractivity contribution in [3.05, 3.63) is 53.4 Å². The fourth-order valence-electron chi connectivity index (χ4n) is 5.32. The van der Waals surface area contributed by atoms with Gasteiger partial charge in [0.05, 0.1) is 0 Å². The minimum absolute atomic E-state index is 0.0559. The van der Waals surface area contributed by atoms with Crippen molar-refractivity contribution in [1.82, 2.24) is 15.1 Å². The van der Waals surface area contributed by atoms with Crippen LogP contribution in [0.25, 0.3) is 0 Å². The summed E-state index contributed by atoms with van der Waals surface area (Å²) in [6.07, 6.45) is 1.36. The van der Waals surface area contributed by atoms with Gasteiger partial charge >= 0.3 is 6.36 Å². The van der Waals surface area contributed by atoms with E-state index in [4.69, 9.17) is 0 Å². The number of halogens is 3. The predicted octanol–water partition coefficient (Wildman–Crippen LogP) is 5.17. The molecule has 210 valence electrons. The summed E-state index contributed by atoms with van der Waals surface area (Å²) in [6.45, 7) is 12.7. The number of alkyl halides is 3. The van der Waals surface area contributed by atoms with E-state index in [1.807, 2.05) is 4.90 Å². The van der Waals surface area contributed by atoms with E-state index in [1.165, 1.54) is 17.3 Å². The van der Waals surface area contributed by atoms with Crippen LogP contribution in [0.2, 0.25) is 0 Å². The number of rotatable bonds is 7. The van der Waals surface area contributed by atoms with Crippen LogP contribution in [-0.4, -0.2) is 73.9 Å². The van der Waals surface area contributed by atoms with Gasteiger partial charge in [-0.05, 0) is 54.5 Å². The molecule has 1 amide bonds. The molecule has 2 saturated heterocycles. The molecule has 0 bridgehead atoms. The zero-order valence-corrected chi connectivity index (χ0v) is 22.8. The number of likely N-dealkylation sites (tertiary alicyclic amines) is 1. The molecule has 1 aromatic carbocycles. The van der Waals surface area contributed by atoms with Crippen molar-refractivity contribution in [2.24, 2.45) is 0 Å². The lowest BCUT2D eigenvalue weighted by atomic mass is 9.87. The minimum atomic E-state index is -4.64. The molecule has 3 aliphatic rings. The van der Waals surface area contributed by atoms with Crippen LogP contribution in [0.1, 0.15) is 58.4 Å². The van der Waals surface area contributed by atoms with E-state index in [0.29, 0.717) is 25.9 Å². The molecule has 38 heavy (non-hydrogen) atoms. The summed E-state index contributed by atoms with van der Waals surface area (Å²) in [5.74, 6) is 0.150. The Balaban J connectivity index is 1.13. The molecule has 2 aliphatic heterocycles. The fraction of sp³-hybridized carbons (Fsp3) is 0.621. The van der Waals surface area contributed by atoms with E-state index in [2.05, 4.69) is 64.9 Å². The maximum Gasteiger partial charge on any atom is 0.572 e. The molecule has 4 rings (SSSR count). The van der Waals surface area contributed by atoms with Gasteiger partial charge in [0.25, 0.3) is 0 Å². The molecule has 2 heterocycles. The maximum atomic E-state index is 12.8. The number of nitrogens with zero attached hydrogens (tertiary/aromatic N) is 3. The minimum Gasteiger partial charge on any atom is -0.410 e. The average Bonchev–Trinajstić information content (AvgIpc) is 2.88. The first-order chi connectivity index (χ1) is 18.0. The molecule has 0 unspecified atom stereocenters. The standard InChI is InChI=1S/C29H41F3N4O2/c1-28(2,3)22-4-8-25(9-5-22)35-20-18-34(19-21-35)15-14-27(37)36-16-12-24(13-17-36)33-23-6-10-26(11-7-23)38-29(30,31)32/h4-6,8-10,24,33H,7,11-21H2,1-3H3. The molecular weight excluding hydrogens is 493 g/mol. The van der Waals surface area contributed by atoms with E-state index in [-0.39, 0.29) is 29.5 Å². The number of piperazine rings is 1. The van der Waals surface area contributed by atoms with Crippen LogP contribution in [0.3, 0.4) is 0 Å². The van der Waals surface area contributed by atoms with E-state index >= 15 is 0 Å². The summed E-state index contributed by atoms with van der Waals surface area (Å²) in [5, 5.41) is 3.44. The van der Waals surface area contributed by atoms with Crippen molar-refractivity contribution in [3.8, 4) is 0 Å². The number of allylic oxidation sites excluding steroid dienone is 4. The Morgan fingerprint density at radius 3 is 2.16 bits per heavy atom. The lowest BCUT2D eigenvalue weighted by Crippen LogP contribution is -2.48. The van der Waals surface area contributed by atoms with Crippen LogP contribution in [0.4, 0.5) is 18.9 Å². The Hall–Kier alpha value is -2.68. The Labute approximate surface area is 224 Å². The molecule has 0 aromatic heterocycles.